The lowest BCUT2D eigenvalue weighted by Gasteiger charge is -2.20. The zero-order valence-electron chi connectivity index (χ0n) is 28.7. The fourth-order valence-electron chi connectivity index (χ4n) is 5.54. The average Bonchev–Trinajstić information content (AvgIpc) is 3.12. The van der Waals surface area contributed by atoms with Crippen molar-refractivity contribution in [1.82, 2.24) is 0 Å². The molecule has 0 amide bonds. The molecule has 6 heteroatoms. The van der Waals surface area contributed by atoms with Gasteiger partial charge in [-0.25, -0.2) is 0 Å². The molecule has 0 bridgehead atoms. The maximum atomic E-state index is 13.1. The van der Waals surface area contributed by atoms with Crippen LogP contribution in [0.15, 0.2) is 86.0 Å². The van der Waals surface area contributed by atoms with Crippen LogP contribution in [0, 0.1) is 11.8 Å². The van der Waals surface area contributed by atoms with Gasteiger partial charge in [-0.15, -0.1) is 0 Å². The van der Waals surface area contributed by atoms with E-state index in [0.717, 1.165) is 60.8 Å². The van der Waals surface area contributed by atoms with Crippen LogP contribution in [0.1, 0.15) is 108 Å². The summed E-state index contributed by atoms with van der Waals surface area (Å²) in [6.07, 6.45) is 11.7. The van der Waals surface area contributed by atoms with Crippen LogP contribution in [-0.4, -0.2) is 25.2 Å². The SMILES string of the molecule is C=Cc1ccc(C(Br)CC(CCc2ccc(CCC(CC(Br)c3ccc(C=C)cc3)C(=O)OCCCC)cc2)C(=O)OCCCC)cc1. The molecule has 0 N–H and O–H groups in total. The Bertz CT molecular complexity index is 1290. The molecule has 0 spiro atoms. The number of halogens is 2. The number of ether oxygens (including phenoxy) is 2. The topological polar surface area (TPSA) is 52.6 Å². The summed E-state index contributed by atoms with van der Waals surface area (Å²) in [5.41, 5.74) is 6.79. The number of carbonyl (C=O) groups is 2. The molecule has 0 heterocycles. The second-order valence-corrected chi connectivity index (χ2v) is 14.7. The lowest BCUT2D eigenvalue weighted by atomic mass is 9.91. The van der Waals surface area contributed by atoms with Crippen LogP contribution in [0.4, 0.5) is 0 Å². The van der Waals surface area contributed by atoms with E-state index in [1.807, 2.05) is 36.4 Å². The van der Waals surface area contributed by atoms with Gasteiger partial charge in [-0.1, -0.05) is 157 Å². The minimum atomic E-state index is -0.213. The molecule has 258 valence electrons. The minimum Gasteiger partial charge on any atom is -0.465 e. The number of esters is 2. The Hall–Kier alpha value is -2.96. The van der Waals surface area contributed by atoms with Crippen molar-refractivity contribution < 1.29 is 19.1 Å². The smallest absolute Gasteiger partial charge is 0.308 e. The summed E-state index contributed by atoms with van der Waals surface area (Å²) < 4.78 is 11.4. The number of alkyl halides is 2. The standard InChI is InChI=1S/C42H52Br2O4/c1-5-9-27-47-41(45)37(29-39(43)35-21-15-31(7-3)16-22-35)25-19-33-11-13-34(14-12-33)20-26-38(42(46)48-28-10-6-2)30-40(44)36-23-17-32(8-4)18-24-36/h7-8,11-18,21-24,37-40H,3-6,9-10,19-20,25-30H2,1-2H3. The Kier molecular flexibility index (Phi) is 18.0. The number of hydrogen-bond donors (Lipinski definition) is 0. The third kappa shape index (κ3) is 13.5. The van der Waals surface area contributed by atoms with Gasteiger partial charge in [0.25, 0.3) is 0 Å². The molecule has 3 aromatic rings. The van der Waals surface area contributed by atoms with E-state index < -0.39 is 0 Å². The predicted octanol–water partition coefficient (Wildman–Crippen LogP) is 11.8. The number of rotatable bonds is 22. The summed E-state index contributed by atoms with van der Waals surface area (Å²) in [6.45, 7) is 12.8. The highest BCUT2D eigenvalue weighted by Crippen LogP contribution is 2.34. The summed E-state index contributed by atoms with van der Waals surface area (Å²) in [6, 6.07) is 25.1. The molecule has 0 saturated heterocycles. The largest absolute Gasteiger partial charge is 0.465 e. The summed E-state index contributed by atoms with van der Waals surface area (Å²) in [4.78, 5) is 26.4. The molecule has 0 aliphatic rings. The first-order chi connectivity index (χ1) is 23.3. The Morgan fingerprint density at radius 3 is 1.29 bits per heavy atom. The first kappa shape index (κ1) is 39.5. The Balaban J connectivity index is 1.62. The van der Waals surface area contributed by atoms with Gasteiger partial charge in [0, 0.05) is 9.65 Å². The summed E-state index contributed by atoms with van der Waals surface area (Å²) in [5, 5.41) is 0. The first-order valence-corrected chi connectivity index (χ1v) is 19.2. The van der Waals surface area contributed by atoms with Gasteiger partial charge in [0.2, 0.25) is 0 Å². The van der Waals surface area contributed by atoms with Gasteiger partial charge in [-0.05, 0) is 84.7 Å². The van der Waals surface area contributed by atoms with Crippen LogP contribution in [0.5, 0.6) is 0 Å². The van der Waals surface area contributed by atoms with Crippen molar-refractivity contribution in [1.29, 1.82) is 0 Å². The van der Waals surface area contributed by atoms with Gasteiger partial charge in [0.05, 0.1) is 25.0 Å². The van der Waals surface area contributed by atoms with Crippen molar-refractivity contribution >= 4 is 56.0 Å². The summed E-state index contributed by atoms with van der Waals surface area (Å²) >= 11 is 7.67. The van der Waals surface area contributed by atoms with Crippen LogP contribution in [0.25, 0.3) is 12.2 Å². The van der Waals surface area contributed by atoms with Gasteiger partial charge in [-0.3, -0.25) is 9.59 Å². The monoisotopic (exact) mass is 778 g/mol. The first-order valence-electron chi connectivity index (χ1n) is 17.4. The van der Waals surface area contributed by atoms with E-state index in [4.69, 9.17) is 9.47 Å². The molecule has 4 atom stereocenters. The highest BCUT2D eigenvalue weighted by Gasteiger charge is 2.26. The molecule has 0 saturated carbocycles. The molecule has 3 aromatic carbocycles. The molecule has 3 rings (SSSR count). The maximum absolute atomic E-state index is 13.1. The van der Waals surface area contributed by atoms with Crippen LogP contribution in [0.3, 0.4) is 0 Å². The molecule has 48 heavy (non-hydrogen) atoms. The van der Waals surface area contributed by atoms with E-state index in [1.165, 1.54) is 11.1 Å². The molecule has 0 aliphatic carbocycles. The Labute approximate surface area is 305 Å². The lowest BCUT2D eigenvalue weighted by molar-refractivity contribution is -0.150. The third-order valence-electron chi connectivity index (χ3n) is 8.79. The van der Waals surface area contributed by atoms with Gasteiger partial charge < -0.3 is 9.47 Å². The molecular weight excluding hydrogens is 728 g/mol. The van der Waals surface area contributed by atoms with E-state index in [9.17, 15) is 9.59 Å². The van der Waals surface area contributed by atoms with Crippen LogP contribution >= 0.6 is 31.9 Å². The molecular formula is C42H52Br2O4. The zero-order chi connectivity index (χ0) is 34.7. The van der Waals surface area contributed by atoms with Gasteiger partial charge in [-0.2, -0.15) is 0 Å². The van der Waals surface area contributed by atoms with Crippen molar-refractivity contribution in [3.8, 4) is 0 Å². The lowest BCUT2D eigenvalue weighted by Crippen LogP contribution is -2.21. The Morgan fingerprint density at radius 2 is 0.979 bits per heavy atom. The van der Waals surface area contributed by atoms with Crippen molar-refractivity contribution in [2.75, 3.05) is 13.2 Å². The van der Waals surface area contributed by atoms with Crippen LogP contribution in [0.2, 0.25) is 0 Å². The second-order valence-electron chi connectivity index (χ2n) is 12.5. The van der Waals surface area contributed by atoms with Gasteiger partial charge >= 0.3 is 11.9 Å². The fourth-order valence-corrected chi connectivity index (χ4v) is 7.05. The molecule has 0 aromatic heterocycles. The number of carbonyl (C=O) groups excluding carboxylic acids is 2. The molecule has 0 aliphatic heterocycles. The third-order valence-corrected chi connectivity index (χ3v) is 10.6. The second kappa shape index (κ2) is 21.9. The highest BCUT2D eigenvalue weighted by atomic mass is 79.9. The maximum Gasteiger partial charge on any atom is 0.308 e. The normalized spacial score (nSPS) is 13.6. The highest BCUT2D eigenvalue weighted by molar-refractivity contribution is 9.09. The molecule has 0 radical (unpaired) electrons. The van der Waals surface area contributed by atoms with Crippen LogP contribution in [-0.2, 0) is 31.9 Å². The van der Waals surface area contributed by atoms with Crippen molar-refractivity contribution in [2.24, 2.45) is 11.8 Å². The van der Waals surface area contributed by atoms with E-state index >= 15 is 0 Å². The van der Waals surface area contributed by atoms with Gasteiger partial charge in [0.1, 0.15) is 0 Å². The molecule has 4 unspecified atom stereocenters. The van der Waals surface area contributed by atoms with E-state index in [2.05, 4.69) is 107 Å². The van der Waals surface area contributed by atoms with E-state index in [0.29, 0.717) is 38.9 Å². The average molecular weight is 781 g/mol. The quantitative estimate of drug-likeness (QED) is 0.0579. The van der Waals surface area contributed by atoms with Crippen molar-refractivity contribution in [2.45, 2.75) is 87.7 Å². The number of benzene rings is 3. The minimum absolute atomic E-state index is 0.0506. The molecule has 0 fully saturated rings. The number of unbranched alkanes of at least 4 members (excludes halogenated alkanes) is 2. The summed E-state index contributed by atoms with van der Waals surface area (Å²) in [5.74, 6) is -0.666. The fraction of sp³-hybridized carbons (Fsp3) is 0.429. The van der Waals surface area contributed by atoms with Crippen LogP contribution < -0.4 is 0 Å². The Morgan fingerprint density at radius 1 is 0.625 bits per heavy atom. The number of aryl methyl sites for hydroxylation is 2. The van der Waals surface area contributed by atoms with Gasteiger partial charge in [0.15, 0.2) is 0 Å². The van der Waals surface area contributed by atoms with Crippen molar-refractivity contribution in [3.05, 3.63) is 119 Å². The van der Waals surface area contributed by atoms with Crippen molar-refractivity contribution in [3.63, 3.8) is 0 Å². The summed E-state index contributed by atoms with van der Waals surface area (Å²) in [7, 11) is 0. The number of hydrogen-bond acceptors (Lipinski definition) is 4. The van der Waals surface area contributed by atoms with E-state index in [1.54, 1.807) is 0 Å². The molecule has 4 nitrogen and oxygen atoms in total. The zero-order valence-corrected chi connectivity index (χ0v) is 31.9. The predicted molar refractivity (Wildman–Crippen MR) is 207 cm³/mol. The van der Waals surface area contributed by atoms with E-state index in [-0.39, 0.29) is 33.4 Å².